The largest absolute Gasteiger partial charge is 0.487 e. The normalized spacial score (nSPS) is 11.4. The fraction of sp³-hybridized carbons (Fsp3) is 0.231. The molecule has 0 spiro atoms. The van der Waals surface area contributed by atoms with E-state index in [4.69, 9.17) is 4.74 Å². The summed E-state index contributed by atoms with van der Waals surface area (Å²) in [6.45, 7) is 1.71. The Morgan fingerprint density at radius 1 is 1.43 bits per heavy atom. The third kappa shape index (κ3) is 3.49. The minimum atomic E-state index is -3.89. The molecule has 21 heavy (non-hydrogen) atoms. The summed E-state index contributed by atoms with van der Waals surface area (Å²) in [5, 5.41) is 0.0129. The number of fused-ring (bicyclic) bond motifs is 1. The van der Waals surface area contributed by atoms with Gasteiger partial charge in [0, 0.05) is 23.3 Å². The van der Waals surface area contributed by atoms with Gasteiger partial charge in [-0.15, -0.1) is 8.78 Å². The molecule has 112 valence electrons. The van der Waals surface area contributed by atoms with E-state index in [1.807, 2.05) is 0 Å². The third-order valence-electron chi connectivity index (χ3n) is 2.58. The van der Waals surface area contributed by atoms with Crippen molar-refractivity contribution in [1.29, 1.82) is 0 Å². The summed E-state index contributed by atoms with van der Waals surface area (Å²) in [7, 11) is 0. The van der Waals surface area contributed by atoms with Crippen molar-refractivity contribution >= 4 is 28.5 Å². The molecule has 0 bridgehead atoms. The summed E-state index contributed by atoms with van der Waals surface area (Å²) in [4.78, 5) is 26.5. The predicted molar refractivity (Wildman–Crippen MR) is 72.0 cm³/mol. The second-order valence-electron chi connectivity index (χ2n) is 4.01. The molecule has 0 radical (unpaired) electrons. The smallest absolute Gasteiger partial charge is 0.462 e. The van der Waals surface area contributed by atoms with Crippen LogP contribution in [0, 0.1) is 0 Å². The summed E-state index contributed by atoms with van der Waals surface area (Å²) in [5.74, 6) is -1.09. The number of alkyl halides is 3. The van der Waals surface area contributed by atoms with Crippen molar-refractivity contribution in [3.63, 3.8) is 0 Å². The molecular weight excluding hydrogens is 308 g/mol. The zero-order valence-electron chi connectivity index (χ0n) is 10.8. The number of rotatable bonds is 4. The summed E-state index contributed by atoms with van der Waals surface area (Å²) in [6, 6.07) is 3.66. The predicted octanol–water partition coefficient (Wildman–Crippen LogP) is 2.87. The van der Waals surface area contributed by atoms with Gasteiger partial charge in [0.2, 0.25) is 5.43 Å². The summed E-state index contributed by atoms with van der Waals surface area (Å²) < 4.78 is 34.1. The maximum atomic E-state index is 12.6. The van der Waals surface area contributed by atoms with Crippen LogP contribution < -0.4 is 10.2 Å². The highest BCUT2D eigenvalue weighted by atomic mass is 35.5. The van der Waals surface area contributed by atoms with E-state index in [1.54, 1.807) is 6.92 Å². The molecule has 1 aromatic carbocycles. The van der Waals surface area contributed by atoms with Crippen molar-refractivity contribution < 1.29 is 23.0 Å². The second-order valence-corrected chi connectivity index (χ2v) is 4.45. The number of H-pyrrole nitrogens is 1. The van der Waals surface area contributed by atoms with E-state index in [2.05, 4.69) is 21.3 Å². The van der Waals surface area contributed by atoms with Gasteiger partial charge in [-0.3, -0.25) is 4.79 Å². The van der Waals surface area contributed by atoms with Gasteiger partial charge in [-0.05, 0) is 25.1 Å². The van der Waals surface area contributed by atoms with Crippen LogP contribution in [-0.4, -0.2) is 23.1 Å². The van der Waals surface area contributed by atoms with Gasteiger partial charge >= 0.3 is 11.5 Å². The Morgan fingerprint density at radius 3 is 2.76 bits per heavy atom. The van der Waals surface area contributed by atoms with Gasteiger partial charge in [-0.1, -0.05) is 0 Å². The number of aromatic nitrogens is 1. The number of ether oxygens (including phenoxy) is 2. The molecule has 1 N–H and O–H groups in total. The van der Waals surface area contributed by atoms with Crippen molar-refractivity contribution in [3.05, 3.63) is 40.2 Å². The summed E-state index contributed by atoms with van der Waals surface area (Å²) in [6.07, 6.45) is 1.21. The van der Waals surface area contributed by atoms with Crippen molar-refractivity contribution in [1.82, 2.24) is 4.98 Å². The first kappa shape index (κ1) is 15.2. The highest BCUT2D eigenvalue weighted by Crippen LogP contribution is 2.26. The number of carbonyl (C=O) groups is 1. The Balaban J connectivity index is 2.52. The van der Waals surface area contributed by atoms with Crippen molar-refractivity contribution in [2.75, 3.05) is 6.61 Å². The van der Waals surface area contributed by atoms with Gasteiger partial charge in [-0.25, -0.2) is 4.79 Å². The number of esters is 1. The maximum absolute atomic E-state index is 12.6. The molecule has 0 aliphatic rings. The molecule has 0 unspecified atom stereocenters. The van der Waals surface area contributed by atoms with E-state index in [0.29, 0.717) is 5.52 Å². The van der Waals surface area contributed by atoms with Crippen molar-refractivity contribution in [3.8, 4) is 5.75 Å². The summed E-state index contributed by atoms with van der Waals surface area (Å²) in [5.41, 5.74) is -4.40. The number of pyridine rings is 1. The average Bonchev–Trinajstić information content (AvgIpc) is 2.38. The van der Waals surface area contributed by atoms with E-state index in [0.717, 1.165) is 6.07 Å². The molecular formula is C13H10ClF2NO4. The van der Waals surface area contributed by atoms with Crippen LogP contribution in [0.2, 0.25) is 0 Å². The molecule has 8 heteroatoms. The number of hydrogen-bond donors (Lipinski definition) is 1. The highest BCUT2D eigenvalue weighted by Gasteiger charge is 2.27. The molecule has 0 fully saturated rings. The monoisotopic (exact) mass is 317 g/mol. The molecule has 2 rings (SSSR count). The number of benzene rings is 1. The van der Waals surface area contributed by atoms with E-state index >= 15 is 0 Å². The Labute approximate surface area is 122 Å². The molecule has 5 nitrogen and oxygen atoms in total. The third-order valence-corrected chi connectivity index (χ3v) is 2.66. The zero-order valence-corrected chi connectivity index (χ0v) is 11.5. The lowest BCUT2D eigenvalue weighted by Gasteiger charge is -2.11. The van der Waals surface area contributed by atoms with E-state index in [1.165, 1.54) is 18.3 Å². The molecule has 0 atom stereocenters. The first-order valence-corrected chi connectivity index (χ1v) is 6.28. The van der Waals surface area contributed by atoms with Crippen molar-refractivity contribution in [2.24, 2.45) is 0 Å². The minimum Gasteiger partial charge on any atom is -0.462 e. The molecule has 1 heterocycles. The van der Waals surface area contributed by atoms with Gasteiger partial charge in [0.05, 0.1) is 12.0 Å². The fourth-order valence-corrected chi connectivity index (χ4v) is 1.84. The standard InChI is InChI=1S/C13H10ClF2NO4/c1-2-20-12(19)9-6-17-10-4-3-7(21-13(14,15)16)5-8(10)11(9)18/h3-6H,2H2,1H3,(H,17,18). The summed E-state index contributed by atoms with van der Waals surface area (Å²) >= 11 is 4.67. The Bertz CT molecular complexity index is 739. The van der Waals surface area contributed by atoms with Gasteiger partial charge < -0.3 is 14.5 Å². The first-order chi connectivity index (χ1) is 9.81. The van der Waals surface area contributed by atoms with Crippen LogP contribution in [0.5, 0.6) is 5.75 Å². The number of carbonyl (C=O) groups excluding carboxylic acids is 1. The van der Waals surface area contributed by atoms with Crippen LogP contribution >= 0.6 is 11.6 Å². The van der Waals surface area contributed by atoms with Crippen molar-refractivity contribution in [2.45, 2.75) is 12.5 Å². The van der Waals surface area contributed by atoms with Crippen LogP contribution in [-0.2, 0) is 4.74 Å². The van der Waals surface area contributed by atoms with E-state index in [-0.39, 0.29) is 23.3 Å². The van der Waals surface area contributed by atoms with Crippen LogP contribution in [0.4, 0.5) is 8.78 Å². The number of halogens is 3. The molecule has 0 saturated heterocycles. The molecule has 1 aromatic heterocycles. The molecule has 2 aromatic rings. The number of aromatic amines is 1. The van der Waals surface area contributed by atoms with Crippen LogP contribution in [0.15, 0.2) is 29.2 Å². The lowest BCUT2D eigenvalue weighted by Crippen LogP contribution is -2.19. The quantitative estimate of drug-likeness (QED) is 0.695. The van der Waals surface area contributed by atoms with E-state index < -0.39 is 17.0 Å². The number of hydrogen-bond acceptors (Lipinski definition) is 4. The zero-order chi connectivity index (χ0) is 15.6. The van der Waals surface area contributed by atoms with Gasteiger partial charge in [0.15, 0.2) is 0 Å². The molecule has 0 amide bonds. The topological polar surface area (TPSA) is 68.4 Å². The SMILES string of the molecule is CCOC(=O)c1c[nH]c2ccc(OC(F)(F)Cl)cc2c1=O. The molecule has 0 aliphatic carbocycles. The first-order valence-electron chi connectivity index (χ1n) is 5.90. The Hall–Kier alpha value is -2.15. The average molecular weight is 318 g/mol. The number of nitrogens with one attached hydrogen (secondary N) is 1. The molecule has 0 saturated carbocycles. The van der Waals surface area contributed by atoms with Crippen LogP contribution in [0.1, 0.15) is 17.3 Å². The Morgan fingerprint density at radius 2 is 2.14 bits per heavy atom. The fourth-order valence-electron chi connectivity index (χ4n) is 1.76. The Kier molecular flexibility index (Phi) is 4.13. The lowest BCUT2D eigenvalue weighted by molar-refractivity contribution is -0.0964. The van der Waals surface area contributed by atoms with Gasteiger partial charge in [0.1, 0.15) is 11.3 Å². The van der Waals surface area contributed by atoms with Crippen LogP contribution in [0.25, 0.3) is 10.9 Å². The van der Waals surface area contributed by atoms with Gasteiger partial charge in [0.25, 0.3) is 0 Å². The highest BCUT2D eigenvalue weighted by molar-refractivity contribution is 6.20. The van der Waals surface area contributed by atoms with Crippen LogP contribution in [0.3, 0.4) is 0 Å². The molecule has 0 aliphatic heterocycles. The minimum absolute atomic E-state index is 0.0129. The lowest BCUT2D eigenvalue weighted by atomic mass is 10.1. The maximum Gasteiger partial charge on any atom is 0.487 e. The second kappa shape index (κ2) is 5.69. The van der Waals surface area contributed by atoms with E-state index in [9.17, 15) is 18.4 Å². The van der Waals surface area contributed by atoms with Gasteiger partial charge in [-0.2, -0.15) is 0 Å².